The molecule has 0 amide bonds. The molecule has 4 nitrogen and oxygen atoms in total. The highest BCUT2D eigenvalue weighted by Crippen LogP contribution is 2.39. The third-order valence-corrected chi connectivity index (χ3v) is 4.67. The predicted molar refractivity (Wildman–Crippen MR) is 98.1 cm³/mol. The number of ether oxygens (including phenoxy) is 1. The standard InChI is InChI=1S/C18H20BrN3O/c1-23-17-8-6-15(7-9-17)21-18(20)22-16-10-13(11-16)12-2-4-14(19)5-3-12/h2-9,13,16H,10-11H2,1H3,(H3,20,21,22). The molecule has 1 aliphatic rings. The first-order valence-corrected chi connectivity index (χ1v) is 8.43. The van der Waals surface area contributed by atoms with Crippen LogP contribution in [0.3, 0.4) is 0 Å². The molecule has 0 heterocycles. The zero-order valence-electron chi connectivity index (χ0n) is 13.0. The summed E-state index contributed by atoms with van der Waals surface area (Å²) < 4.78 is 6.25. The Balaban J connectivity index is 1.52. The number of nitrogens with one attached hydrogen (secondary N) is 1. The maximum Gasteiger partial charge on any atom is 0.193 e. The Kier molecular flexibility index (Phi) is 4.86. The van der Waals surface area contributed by atoms with Gasteiger partial charge in [0.1, 0.15) is 5.75 Å². The molecule has 0 saturated heterocycles. The summed E-state index contributed by atoms with van der Waals surface area (Å²) in [5.74, 6) is 1.88. The van der Waals surface area contributed by atoms with Crippen molar-refractivity contribution < 1.29 is 4.74 Å². The average Bonchev–Trinajstić information content (AvgIpc) is 2.52. The second kappa shape index (κ2) is 7.04. The molecule has 1 saturated carbocycles. The summed E-state index contributed by atoms with van der Waals surface area (Å²) >= 11 is 3.47. The van der Waals surface area contributed by atoms with Gasteiger partial charge in [-0.05, 0) is 60.7 Å². The average molecular weight is 374 g/mol. The Morgan fingerprint density at radius 3 is 2.39 bits per heavy atom. The van der Waals surface area contributed by atoms with Gasteiger partial charge in [0.2, 0.25) is 0 Å². The van der Waals surface area contributed by atoms with Gasteiger partial charge in [0.05, 0.1) is 13.2 Å². The SMILES string of the molecule is COc1ccc(NC(N)=NC2CC(c3ccc(Br)cc3)C2)cc1. The largest absolute Gasteiger partial charge is 0.497 e. The Morgan fingerprint density at radius 2 is 1.78 bits per heavy atom. The molecular formula is C18H20BrN3O. The van der Waals surface area contributed by atoms with E-state index in [9.17, 15) is 0 Å². The van der Waals surface area contributed by atoms with E-state index in [1.807, 2.05) is 24.3 Å². The van der Waals surface area contributed by atoms with E-state index in [-0.39, 0.29) is 0 Å². The summed E-state index contributed by atoms with van der Waals surface area (Å²) in [6.07, 6.45) is 2.10. The van der Waals surface area contributed by atoms with E-state index < -0.39 is 0 Å². The minimum absolute atomic E-state index is 0.300. The fourth-order valence-corrected chi connectivity index (χ4v) is 3.02. The molecule has 0 aliphatic heterocycles. The van der Waals surface area contributed by atoms with Gasteiger partial charge in [-0.1, -0.05) is 28.1 Å². The molecule has 0 radical (unpaired) electrons. The third-order valence-electron chi connectivity index (χ3n) is 4.14. The molecular weight excluding hydrogens is 354 g/mol. The number of hydrogen-bond donors (Lipinski definition) is 2. The van der Waals surface area contributed by atoms with Crippen molar-refractivity contribution in [3.63, 3.8) is 0 Å². The molecule has 1 aliphatic carbocycles. The normalized spacial score (nSPS) is 20.7. The first-order chi connectivity index (χ1) is 11.1. The van der Waals surface area contributed by atoms with Crippen LogP contribution in [0.5, 0.6) is 5.75 Å². The number of aliphatic imine (C=N–C) groups is 1. The molecule has 5 heteroatoms. The van der Waals surface area contributed by atoms with E-state index in [1.54, 1.807) is 7.11 Å². The molecule has 120 valence electrons. The summed E-state index contributed by atoms with van der Waals surface area (Å²) in [6.45, 7) is 0. The lowest BCUT2D eigenvalue weighted by Gasteiger charge is -2.33. The predicted octanol–water partition coefficient (Wildman–Crippen LogP) is 4.13. The van der Waals surface area contributed by atoms with Crippen LogP contribution in [-0.2, 0) is 0 Å². The van der Waals surface area contributed by atoms with Crippen molar-refractivity contribution in [1.82, 2.24) is 0 Å². The summed E-state index contributed by atoms with van der Waals surface area (Å²) in [4.78, 5) is 4.56. The lowest BCUT2D eigenvalue weighted by Crippen LogP contribution is -2.31. The zero-order chi connectivity index (χ0) is 16.2. The lowest BCUT2D eigenvalue weighted by atomic mass is 9.76. The highest BCUT2D eigenvalue weighted by Gasteiger charge is 2.30. The van der Waals surface area contributed by atoms with Crippen molar-refractivity contribution >= 4 is 27.6 Å². The summed E-state index contributed by atoms with van der Waals surface area (Å²) in [5, 5.41) is 3.12. The van der Waals surface area contributed by atoms with Crippen LogP contribution in [0.25, 0.3) is 0 Å². The van der Waals surface area contributed by atoms with Crippen molar-refractivity contribution in [2.75, 3.05) is 12.4 Å². The summed E-state index contributed by atoms with van der Waals surface area (Å²) in [5.41, 5.74) is 8.28. The maximum absolute atomic E-state index is 5.99. The number of guanidine groups is 1. The highest BCUT2D eigenvalue weighted by molar-refractivity contribution is 9.10. The molecule has 3 rings (SSSR count). The van der Waals surface area contributed by atoms with E-state index in [1.165, 1.54) is 5.56 Å². The maximum atomic E-state index is 5.99. The van der Waals surface area contributed by atoms with Crippen LogP contribution in [0.15, 0.2) is 58.0 Å². The van der Waals surface area contributed by atoms with E-state index in [2.05, 4.69) is 50.5 Å². The Morgan fingerprint density at radius 1 is 1.13 bits per heavy atom. The number of rotatable bonds is 4. The number of benzene rings is 2. The van der Waals surface area contributed by atoms with E-state index >= 15 is 0 Å². The van der Waals surface area contributed by atoms with Crippen LogP contribution in [0.4, 0.5) is 5.69 Å². The highest BCUT2D eigenvalue weighted by atomic mass is 79.9. The van der Waals surface area contributed by atoms with Gasteiger partial charge < -0.3 is 15.8 Å². The quantitative estimate of drug-likeness (QED) is 0.625. The van der Waals surface area contributed by atoms with E-state index in [4.69, 9.17) is 10.5 Å². The van der Waals surface area contributed by atoms with Gasteiger partial charge in [-0.15, -0.1) is 0 Å². The molecule has 2 aromatic rings. The van der Waals surface area contributed by atoms with Gasteiger partial charge in [0.15, 0.2) is 5.96 Å². The number of halogens is 1. The summed E-state index contributed by atoms with van der Waals surface area (Å²) in [7, 11) is 1.65. The van der Waals surface area contributed by atoms with Gasteiger partial charge >= 0.3 is 0 Å². The van der Waals surface area contributed by atoms with Crippen molar-refractivity contribution in [2.45, 2.75) is 24.8 Å². The summed E-state index contributed by atoms with van der Waals surface area (Å²) in [6, 6.07) is 16.5. The van der Waals surface area contributed by atoms with Crippen molar-refractivity contribution in [3.8, 4) is 5.75 Å². The monoisotopic (exact) mass is 373 g/mol. The van der Waals surface area contributed by atoms with Crippen molar-refractivity contribution in [2.24, 2.45) is 10.7 Å². The first kappa shape index (κ1) is 15.9. The Hall–Kier alpha value is -2.01. The first-order valence-electron chi connectivity index (χ1n) is 7.64. The molecule has 2 aromatic carbocycles. The topological polar surface area (TPSA) is 59.6 Å². The Bertz CT molecular complexity index is 676. The minimum atomic E-state index is 0.300. The Labute approximate surface area is 144 Å². The zero-order valence-corrected chi connectivity index (χ0v) is 14.6. The molecule has 0 unspecified atom stereocenters. The van der Waals surface area contributed by atoms with Crippen molar-refractivity contribution in [3.05, 3.63) is 58.6 Å². The van der Waals surface area contributed by atoms with Crippen LogP contribution < -0.4 is 15.8 Å². The fourth-order valence-electron chi connectivity index (χ4n) is 2.75. The van der Waals surface area contributed by atoms with Crippen LogP contribution in [0, 0.1) is 0 Å². The number of hydrogen-bond acceptors (Lipinski definition) is 2. The number of nitrogens with two attached hydrogens (primary N) is 1. The molecule has 0 spiro atoms. The molecule has 23 heavy (non-hydrogen) atoms. The molecule has 3 N–H and O–H groups in total. The van der Waals surface area contributed by atoms with Gasteiger partial charge in [-0.2, -0.15) is 0 Å². The van der Waals surface area contributed by atoms with Crippen molar-refractivity contribution in [1.29, 1.82) is 0 Å². The van der Waals surface area contributed by atoms with Crippen LogP contribution in [0.2, 0.25) is 0 Å². The fraction of sp³-hybridized carbons (Fsp3) is 0.278. The molecule has 0 aromatic heterocycles. The third kappa shape index (κ3) is 4.05. The van der Waals surface area contributed by atoms with Crippen LogP contribution in [-0.4, -0.2) is 19.1 Å². The molecule has 0 bridgehead atoms. The molecule has 1 fully saturated rings. The smallest absolute Gasteiger partial charge is 0.193 e. The van der Waals surface area contributed by atoms with Gasteiger partial charge in [-0.3, -0.25) is 0 Å². The van der Waals surface area contributed by atoms with E-state index in [0.717, 1.165) is 28.8 Å². The van der Waals surface area contributed by atoms with Crippen LogP contribution >= 0.6 is 15.9 Å². The molecule has 0 atom stereocenters. The van der Waals surface area contributed by atoms with E-state index in [0.29, 0.717) is 17.9 Å². The van der Waals surface area contributed by atoms with Gasteiger partial charge in [0, 0.05) is 10.2 Å². The van der Waals surface area contributed by atoms with Crippen LogP contribution in [0.1, 0.15) is 24.3 Å². The second-order valence-corrected chi connectivity index (χ2v) is 6.66. The van der Waals surface area contributed by atoms with Gasteiger partial charge in [-0.25, -0.2) is 4.99 Å². The number of methoxy groups -OCH3 is 1. The minimum Gasteiger partial charge on any atom is -0.497 e. The number of anilines is 1. The lowest BCUT2D eigenvalue weighted by molar-refractivity contribution is 0.353. The number of nitrogens with zero attached hydrogens (tertiary/aromatic N) is 1. The second-order valence-electron chi connectivity index (χ2n) is 5.74. The van der Waals surface area contributed by atoms with Gasteiger partial charge in [0.25, 0.3) is 0 Å².